The summed E-state index contributed by atoms with van der Waals surface area (Å²) in [4.78, 5) is 16.3. The van der Waals surface area contributed by atoms with Gasteiger partial charge in [0.15, 0.2) is 11.6 Å². The lowest BCUT2D eigenvalue weighted by molar-refractivity contribution is 0.102. The van der Waals surface area contributed by atoms with Crippen LogP contribution in [0.3, 0.4) is 0 Å². The maximum absolute atomic E-state index is 14.1. The average Bonchev–Trinajstić information content (AvgIpc) is 2.70. The molecule has 0 radical (unpaired) electrons. The zero-order valence-electron chi connectivity index (χ0n) is 14.9. The van der Waals surface area contributed by atoms with Crippen molar-refractivity contribution in [3.63, 3.8) is 0 Å². The number of nitrogens with zero attached hydrogens (tertiary/aromatic N) is 1. The molecule has 0 saturated carbocycles. The Hall–Kier alpha value is -3.32. The molecule has 1 heterocycles. The van der Waals surface area contributed by atoms with Gasteiger partial charge in [0.25, 0.3) is 5.91 Å². The van der Waals surface area contributed by atoms with Crippen LogP contribution in [0.25, 0.3) is 0 Å². The summed E-state index contributed by atoms with van der Waals surface area (Å²) in [7, 11) is 1.52. The van der Waals surface area contributed by atoms with Crippen LogP contribution in [0, 0.1) is 5.82 Å². The maximum Gasteiger partial charge on any atom is 0.255 e. The van der Waals surface area contributed by atoms with E-state index in [1.165, 1.54) is 37.6 Å². The molecule has 8 heteroatoms. The normalized spacial score (nSPS) is 10.4. The monoisotopic (exact) mass is 401 g/mol. The number of nitrogen functional groups attached to an aromatic ring is 1. The highest BCUT2D eigenvalue weighted by Gasteiger charge is 2.11. The number of halogens is 2. The van der Waals surface area contributed by atoms with Crippen molar-refractivity contribution in [2.45, 2.75) is 6.61 Å². The van der Waals surface area contributed by atoms with Gasteiger partial charge in [-0.3, -0.25) is 4.79 Å². The van der Waals surface area contributed by atoms with E-state index in [0.29, 0.717) is 22.0 Å². The van der Waals surface area contributed by atoms with E-state index in [1.807, 2.05) is 0 Å². The molecule has 3 rings (SSSR count). The zero-order chi connectivity index (χ0) is 20.1. The van der Waals surface area contributed by atoms with Crippen molar-refractivity contribution < 1.29 is 18.7 Å². The Morgan fingerprint density at radius 2 is 2.07 bits per heavy atom. The molecule has 0 bridgehead atoms. The number of nitrogens with one attached hydrogen (secondary N) is 1. The van der Waals surface area contributed by atoms with Crippen LogP contribution < -0.4 is 20.5 Å². The van der Waals surface area contributed by atoms with Crippen LogP contribution >= 0.6 is 11.6 Å². The highest BCUT2D eigenvalue weighted by Crippen LogP contribution is 2.25. The number of hydrogen-bond acceptors (Lipinski definition) is 5. The molecule has 0 spiro atoms. The van der Waals surface area contributed by atoms with Crippen molar-refractivity contribution in [2.24, 2.45) is 0 Å². The first-order chi connectivity index (χ1) is 13.5. The average molecular weight is 402 g/mol. The van der Waals surface area contributed by atoms with Crippen LogP contribution in [0.1, 0.15) is 15.9 Å². The molecule has 2 aromatic carbocycles. The van der Waals surface area contributed by atoms with Gasteiger partial charge in [-0.05, 0) is 36.4 Å². The first kappa shape index (κ1) is 19.4. The fourth-order valence-corrected chi connectivity index (χ4v) is 2.58. The van der Waals surface area contributed by atoms with Gasteiger partial charge >= 0.3 is 0 Å². The molecule has 0 saturated heterocycles. The molecule has 3 N–H and O–H groups in total. The lowest BCUT2D eigenvalue weighted by Crippen LogP contribution is -2.12. The van der Waals surface area contributed by atoms with E-state index in [-0.39, 0.29) is 29.6 Å². The minimum Gasteiger partial charge on any atom is -0.497 e. The Kier molecular flexibility index (Phi) is 5.96. The third-order valence-electron chi connectivity index (χ3n) is 3.87. The lowest BCUT2D eigenvalue weighted by Gasteiger charge is -2.11. The summed E-state index contributed by atoms with van der Waals surface area (Å²) in [6, 6.07) is 12.4. The van der Waals surface area contributed by atoms with Gasteiger partial charge in [0.05, 0.1) is 12.1 Å². The van der Waals surface area contributed by atoms with Gasteiger partial charge in [-0.25, -0.2) is 9.37 Å². The number of methoxy groups -OCH3 is 1. The topological polar surface area (TPSA) is 86.5 Å². The standard InChI is InChI=1S/C20H17ClFN3O3/c1-27-16-4-2-3-12(8-16)20(26)25-15-5-6-17(22)13(7-15)11-28-18-9-14(21)10-24-19(18)23/h2-10H,11H2,1H3,(H2,23,24)(H,25,26). The first-order valence-electron chi connectivity index (χ1n) is 8.24. The Labute approximate surface area is 166 Å². The molecule has 0 aliphatic heterocycles. The number of hydrogen-bond donors (Lipinski definition) is 2. The predicted octanol–water partition coefficient (Wildman–Crippen LogP) is 4.30. The zero-order valence-corrected chi connectivity index (χ0v) is 15.7. The first-order valence-corrected chi connectivity index (χ1v) is 8.61. The number of pyridine rings is 1. The Balaban J connectivity index is 1.73. The highest BCUT2D eigenvalue weighted by molar-refractivity contribution is 6.30. The van der Waals surface area contributed by atoms with Crippen molar-refractivity contribution in [3.8, 4) is 11.5 Å². The summed E-state index contributed by atoms with van der Waals surface area (Å²) in [5.74, 6) is 0.132. The second-order valence-corrected chi connectivity index (χ2v) is 6.25. The maximum atomic E-state index is 14.1. The lowest BCUT2D eigenvalue weighted by atomic mass is 10.1. The van der Waals surface area contributed by atoms with Gasteiger partial charge < -0.3 is 20.5 Å². The largest absolute Gasteiger partial charge is 0.497 e. The smallest absolute Gasteiger partial charge is 0.255 e. The molecule has 6 nitrogen and oxygen atoms in total. The molecule has 1 aromatic heterocycles. The molecule has 3 aromatic rings. The Bertz CT molecular complexity index is 1010. The van der Waals surface area contributed by atoms with Crippen molar-refractivity contribution >= 4 is 29.0 Å². The number of benzene rings is 2. The highest BCUT2D eigenvalue weighted by atomic mass is 35.5. The van der Waals surface area contributed by atoms with Gasteiger partial charge in [-0.15, -0.1) is 0 Å². The van der Waals surface area contributed by atoms with E-state index in [0.717, 1.165) is 0 Å². The number of carbonyl (C=O) groups excluding carboxylic acids is 1. The Morgan fingerprint density at radius 1 is 1.25 bits per heavy atom. The minimum absolute atomic E-state index is 0.110. The number of rotatable bonds is 6. The van der Waals surface area contributed by atoms with E-state index in [1.54, 1.807) is 24.3 Å². The van der Waals surface area contributed by atoms with Crippen molar-refractivity contribution in [1.82, 2.24) is 4.98 Å². The van der Waals surface area contributed by atoms with Crippen LogP contribution in [0.4, 0.5) is 15.9 Å². The van der Waals surface area contributed by atoms with E-state index < -0.39 is 5.82 Å². The summed E-state index contributed by atoms with van der Waals surface area (Å²) in [5, 5.41) is 3.07. The third-order valence-corrected chi connectivity index (χ3v) is 4.07. The van der Waals surface area contributed by atoms with E-state index >= 15 is 0 Å². The second kappa shape index (κ2) is 8.58. The molecule has 0 aliphatic carbocycles. The van der Waals surface area contributed by atoms with Crippen molar-refractivity contribution in [1.29, 1.82) is 0 Å². The molecule has 0 unspecified atom stereocenters. The van der Waals surface area contributed by atoms with Crippen LogP contribution in [-0.4, -0.2) is 18.0 Å². The molecule has 144 valence electrons. The predicted molar refractivity (Wildman–Crippen MR) is 105 cm³/mol. The molecule has 0 atom stereocenters. The summed E-state index contributed by atoms with van der Waals surface area (Å²) >= 11 is 5.86. The van der Waals surface area contributed by atoms with Gasteiger partial charge in [0.2, 0.25) is 0 Å². The number of aromatic nitrogens is 1. The van der Waals surface area contributed by atoms with Gasteiger partial charge in [-0.2, -0.15) is 0 Å². The number of carbonyl (C=O) groups is 1. The summed E-state index contributed by atoms with van der Waals surface area (Å²) in [5.41, 5.74) is 6.80. The minimum atomic E-state index is -0.479. The van der Waals surface area contributed by atoms with E-state index in [9.17, 15) is 9.18 Å². The van der Waals surface area contributed by atoms with Crippen molar-refractivity contribution in [2.75, 3.05) is 18.2 Å². The van der Waals surface area contributed by atoms with E-state index in [2.05, 4.69) is 10.3 Å². The fraction of sp³-hybridized carbons (Fsp3) is 0.100. The van der Waals surface area contributed by atoms with Gasteiger partial charge in [0, 0.05) is 29.1 Å². The second-order valence-electron chi connectivity index (χ2n) is 5.82. The molecular formula is C20H17ClFN3O3. The van der Waals surface area contributed by atoms with E-state index in [4.69, 9.17) is 26.8 Å². The summed E-state index contributed by atoms with van der Waals surface area (Å²) in [6.45, 7) is -0.110. The molecule has 0 fully saturated rings. The number of nitrogens with two attached hydrogens (primary N) is 1. The van der Waals surface area contributed by atoms with Gasteiger partial charge in [-0.1, -0.05) is 17.7 Å². The Morgan fingerprint density at radius 3 is 2.86 bits per heavy atom. The summed E-state index contributed by atoms with van der Waals surface area (Å²) < 4.78 is 24.8. The van der Waals surface area contributed by atoms with Crippen LogP contribution in [-0.2, 0) is 6.61 Å². The number of anilines is 2. The third kappa shape index (κ3) is 4.69. The number of amides is 1. The molecule has 1 amide bonds. The number of ether oxygens (including phenoxy) is 2. The van der Waals surface area contributed by atoms with Crippen LogP contribution in [0.2, 0.25) is 5.02 Å². The van der Waals surface area contributed by atoms with Crippen LogP contribution in [0.15, 0.2) is 54.7 Å². The molecule has 28 heavy (non-hydrogen) atoms. The summed E-state index contributed by atoms with van der Waals surface area (Å²) in [6.07, 6.45) is 1.39. The van der Waals surface area contributed by atoms with Crippen LogP contribution in [0.5, 0.6) is 11.5 Å². The molecule has 0 aliphatic rings. The molecular weight excluding hydrogens is 385 g/mol. The van der Waals surface area contributed by atoms with Crippen molar-refractivity contribution in [3.05, 3.63) is 76.7 Å². The fourth-order valence-electron chi connectivity index (χ4n) is 2.43. The SMILES string of the molecule is COc1cccc(C(=O)Nc2ccc(F)c(COc3cc(Cl)cnc3N)c2)c1. The van der Waals surface area contributed by atoms with Gasteiger partial charge in [0.1, 0.15) is 18.2 Å². The quantitative estimate of drug-likeness (QED) is 0.643.